The Morgan fingerprint density at radius 3 is 2.64 bits per heavy atom. The minimum absolute atomic E-state index is 0.121. The van der Waals surface area contributed by atoms with E-state index in [0.29, 0.717) is 11.3 Å². The summed E-state index contributed by atoms with van der Waals surface area (Å²) in [6, 6.07) is 3.15. The predicted molar refractivity (Wildman–Crippen MR) is 87.0 cm³/mol. The molecular weight excluding hydrogens is 333 g/mol. The van der Waals surface area contributed by atoms with E-state index in [2.05, 4.69) is 10.3 Å². The fourth-order valence-electron chi connectivity index (χ4n) is 3.45. The van der Waals surface area contributed by atoms with E-state index in [1.165, 1.54) is 12.1 Å². The van der Waals surface area contributed by atoms with Crippen molar-refractivity contribution in [3.05, 3.63) is 46.3 Å². The highest BCUT2D eigenvalue weighted by Crippen LogP contribution is 2.40. The fraction of sp³-hybridized carbons (Fsp3) is 0.278. The molecule has 1 aromatic heterocycles. The first-order valence-corrected chi connectivity index (χ1v) is 8.02. The van der Waals surface area contributed by atoms with Crippen LogP contribution in [0.2, 0.25) is 0 Å². The highest BCUT2D eigenvalue weighted by molar-refractivity contribution is 6.35. The molecule has 0 radical (unpaired) electrons. The van der Waals surface area contributed by atoms with E-state index in [4.69, 9.17) is 0 Å². The van der Waals surface area contributed by atoms with Crippen molar-refractivity contribution in [1.82, 2.24) is 4.98 Å². The number of hydrogen-bond acceptors (Lipinski definition) is 2. The van der Waals surface area contributed by atoms with E-state index in [1.807, 2.05) is 0 Å². The van der Waals surface area contributed by atoms with E-state index in [9.17, 15) is 23.1 Å². The fourth-order valence-corrected chi connectivity index (χ4v) is 3.45. The van der Waals surface area contributed by atoms with Crippen LogP contribution in [-0.2, 0) is 23.8 Å². The molecule has 130 valence electrons. The van der Waals surface area contributed by atoms with E-state index in [-0.39, 0.29) is 17.0 Å². The van der Waals surface area contributed by atoms with Gasteiger partial charge in [-0.3, -0.25) is 4.79 Å². The first kappa shape index (κ1) is 15.8. The maximum Gasteiger partial charge on any atom is 0.416 e. The lowest BCUT2D eigenvalue weighted by Gasteiger charge is -2.09. The number of anilines is 1. The summed E-state index contributed by atoms with van der Waals surface area (Å²) in [7, 11) is 0. The molecular formula is C18H15F3N2O2. The molecule has 0 saturated heterocycles. The van der Waals surface area contributed by atoms with Gasteiger partial charge in [-0.05, 0) is 43.9 Å². The number of aromatic nitrogens is 1. The van der Waals surface area contributed by atoms with E-state index < -0.39 is 17.6 Å². The number of aromatic amines is 1. The molecule has 0 bridgehead atoms. The largest absolute Gasteiger partial charge is 0.505 e. The summed E-state index contributed by atoms with van der Waals surface area (Å²) in [6.07, 6.45) is 0.678. The van der Waals surface area contributed by atoms with Crippen LogP contribution in [0.5, 0.6) is 5.75 Å². The van der Waals surface area contributed by atoms with Crippen LogP contribution in [0.3, 0.4) is 0 Å². The summed E-state index contributed by atoms with van der Waals surface area (Å²) < 4.78 is 38.4. The topological polar surface area (TPSA) is 65.1 Å². The number of fused-ring (bicyclic) bond motifs is 2. The number of carbonyl (C=O) groups is 1. The molecule has 2 aromatic rings. The summed E-state index contributed by atoms with van der Waals surface area (Å²) in [5.74, 6) is -0.364. The normalized spacial score (nSPS) is 18.2. The zero-order valence-electron chi connectivity index (χ0n) is 13.1. The van der Waals surface area contributed by atoms with Crippen molar-refractivity contribution in [2.24, 2.45) is 0 Å². The third-order valence-electron chi connectivity index (χ3n) is 4.71. The lowest BCUT2D eigenvalue weighted by atomic mass is 9.97. The maximum absolute atomic E-state index is 12.8. The highest BCUT2D eigenvalue weighted by Gasteiger charge is 2.33. The number of H-pyrrole nitrogens is 1. The number of nitrogens with one attached hydrogen (secondary N) is 2. The second kappa shape index (κ2) is 5.40. The van der Waals surface area contributed by atoms with Crippen molar-refractivity contribution in [2.45, 2.75) is 31.9 Å². The number of rotatable bonds is 1. The molecule has 1 aliphatic carbocycles. The number of halogens is 3. The molecule has 0 fully saturated rings. The minimum Gasteiger partial charge on any atom is -0.505 e. The van der Waals surface area contributed by atoms with Crippen molar-refractivity contribution < 1.29 is 23.1 Å². The number of aryl methyl sites for hydroxylation is 1. The van der Waals surface area contributed by atoms with Gasteiger partial charge in [0, 0.05) is 22.5 Å². The van der Waals surface area contributed by atoms with Gasteiger partial charge >= 0.3 is 6.18 Å². The van der Waals surface area contributed by atoms with Gasteiger partial charge in [-0.25, -0.2) is 0 Å². The zero-order valence-corrected chi connectivity index (χ0v) is 13.1. The predicted octanol–water partition coefficient (Wildman–Crippen LogP) is 4.11. The Hall–Kier alpha value is -2.70. The van der Waals surface area contributed by atoms with Crippen LogP contribution in [0, 0.1) is 0 Å². The van der Waals surface area contributed by atoms with Crippen LogP contribution < -0.4 is 5.32 Å². The van der Waals surface area contributed by atoms with Gasteiger partial charge in [-0.2, -0.15) is 13.2 Å². The van der Waals surface area contributed by atoms with Crippen molar-refractivity contribution in [3.63, 3.8) is 0 Å². The van der Waals surface area contributed by atoms with E-state index in [1.54, 1.807) is 0 Å². The van der Waals surface area contributed by atoms with Crippen LogP contribution in [0.25, 0.3) is 11.6 Å². The lowest BCUT2D eigenvalue weighted by Crippen LogP contribution is -2.06. The first-order chi connectivity index (χ1) is 11.8. The SMILES string of the molecule is O=C1Nc2cc(C(F)(F)F)ccc2C1=Cc1[nH]c2c(c1O)CCCC2. The van der Waals surface area contributed by atoms with Crippen LogP contribution in [0.1, 0.15) is 40.9 Å². The van der Waals surface area contributed by atoms with Crippen LogP contribution in [0.4, 0.5) is 18.9 Å². The Labute approximate surface area is 141 Å². The van der Waals surface area contributed by atoms with E-state index in [0.717, 1.165) is 49.1 Å². The number of alkyl halides is 3. The summed E-state index contributed by atoms with van der Waals surface area (Å²) in [5, 5.41) is 12.8. The second-order valence-corrected chi connectivity index (χ2v) is 6.32. The number of carbonyl (C=O) groups excluding carboxylic acids is 1. The molecule has 0 spiro atoms. The standard InChI is InChI=1S/C18H15F3N2O2/c19-18(20,21)9-5-6-10-12(17(25)23-14(10)7-9)8-15-16(24)11-3-1-2-4-13(11)22-15/h5-8,22,24H,1-4H2,(H,23,25). The van der Waals surface area contributed by atoms with Crippen molar-refractivity contribution in [3.8, 4) is 5.75 Å². The summed E-state index contributed by atoms with van der Waals surface area (Å²) >= 11 is 0. The van der Waals surface area contributed by atoms with Gasteiger partial charge in [-0.1, -0.05) is 6.07 Å². The second-order valence-electron chi connectivity index (χ2n) is 6.32. The number of aromatic hydroxyl groups is 1. The summed E-state index contributed by atoms with van der Waals surface area (Å²) in [4.78, 5) is 15.3. The molecule has 4 rings (SSSR count). The maximum atomic E-state index is 12.8. The van der Waals surface area contributed by atoms with Gasteiger partial charge < -0.3 is 15.4 Å². The Balaban J connectivity index is 1.77. The Bertz CT molecular complexity index is 910. The molecule has 1 aromatic carbocycles. The molecule has 0 atom stereocenters. The number of amides is 1. The molecule has 2 aliphatic rings. The van der Waals surface area contributed by atoms with Gasteiger partial charge in [0.25, 0.3) is 5.91 Å². The van der Waals surface area contributed by atoms with E-state index >= 15 is 0 Å². The molecule has 4 nitrogen and oxygen atoms in total. The Kier molecular flexibility index (Phi) is 3.42. The highest BCUT2D eigenvalue weighted by atomic mass is 19.4. The smallest absolute Gasteiger partial charge is 0.416 e. The zero-order chi connectivity index (χ0) is 17.8. The summed E-state index contributed by atoms with van der Waals surface area (Å²) in [5.41, 5.74) is 2.19. The average molecular weight is 348 g/mol. The van der Waals surface area contributed by atoms with Gasteiger partial charge in [0.2, 0.25) is 0 Å². The molecule has 0 saturated carbocycles. The summed E-state index contributed by atoms with van der Waals surface area (Å²) in [6.45, 7) is 0. The lowest BCUT2D eigenvalue weighted by molar-refractivity contribution is -0.137. The minimum atomic E-state index is -4.47. The molecule has 1 amide bonds. The number of hydrogen-bond donors (Lipinski definition) is 3. The van der Waals surface area contributed by atoms with Gasteiger partial charge in [0.05, 0.1) is 16.8 Å². The van der Waals surface area contributed by atoms with Crippen LogP contribution in [0.15, 0.2) is 18.2 Å². The van der Waals surface area contributed by atoms with Crippen molar-refractivity contribution in [1.29, 1.82) is 0 Å². The van der Waals surface area contributed by atoms with Gasteiger partial charge in [0.15, 0.2) is 0 Å². The quantitative estimate of drug-likeness (QED) is 0.679. The van der Waals surface area contributed by atoms with Crippen LogP contribution >= 0.6 is 0 Å². The first-order valence-electron chi connectivity index (χ1n) is 8.02. The third kappa shape index (κ3) is 2.59. The molecule has 1 aliphatic heterocycles. The Morgan fingerprint density at radius 2 is 1.92 bits per heavy atom. The van der Waals surface area contributed by atoms with Gasteiger partial charge in [0.1, 0.15) is 5.75 Å². The molecule has 25 heavy (non-hydrogen) atoms. The van der Waals surface area contributed by atoms with Crippen molar-refractivity contribution >= 4 is 23.2 Å². The monoisotopic (exact) mass is 348 g/mol. The molecule has 2 heterocycles. The molecule has 3 N–H and O–H groups in total. The van der Waals surface area contributed by atoms with Gasteiger partial charge in [-0.15, -0.1) is 0 Å². The van der Waals surface area contributed by atoms with Crippen molar-refractivity contribution in [2.75, 3.05) is 5.32 Å². The molecule has 0 unspecified atom stereocenters. The third-order valence-corrected chi connectivity index (χ3v) is 4.71. The van der Waals surface area contributed by atoms with Crippen LogP contribution in [-0.4, -0.2) is 16.0 Å². The molecule has 7 heteroatoms. The average Bonchev–Trinajstić information content (AvgIpc) is 3.04. The number of benzene rings is 1. The Morgan fingerprint density at radius 1 is 1.16 bits per heavy atom.